The number of rotatable bonds is 3. The highest BCUT2D eigenvalue weighted by Gasteiger charge is 2.11. The molecule has 0 saturated heterocycles. The summed E-state index contributed by atoms with van der Waals surface area (Å²) in [5.41, 5.74) is 0.741. The molecular formula is C15H11ClFN3O. The summed E-state index contributed by atoms with van der Waals surface area (Å²) in [7, 11) is 1.72. The van der Waals surface area contributed by atoms with Crippen molar-refractivity contribution in [2.75, 3.05) is 12.4 Å². The SMILES string of the molecule is CNc1nc(Oc2ccc(F)cc2Cl)c2ccccc2n1. The molecule has 1 aromatic heterocycles. The maximum absolute atomic E-state index is 13.1. The minimum absolute atomic E-state index is 0.184. The first kappa shape index (κ1) is 13.6. The van der Waals surface area contributed by atoms with Crippen LogP contribution in [-0.2, 0) is 0 Å². The standard InChI is InChI=1S/C15H11ClFN3O/c1-18-15-19-12-5-3-2-4-10(12)14(20-15)21-13-7-6-9(17)8-11(13)16/h2-8H,1H3,(H,18,19,20). The Morgan fingerprint density at radius 2 is 1.95 bits per heavy atom. The number of nitrogens with zero attached hydrogens (tertiary/aromatic N) is 2. The van der Waals surface area contributed by atoms with Crippen LogP contribution in [0.1, 0.15) is 0 Å². The summed E-state index contributed by atoms with van der Waals surface area (Å²) >= 11 is 5.98. The highest BCUT2D eigenvalue weighted by molar-refractivity contribution is 6.32. The smallest absolute Gasteiger partial charge is 0.232 e. The third kappa shape index (κ3) is 2.73. The van der Waals surface area contributed by atoms with Gasteiger partial charge in [0.25, 0.3) is 0 Å². The van der Waals surface area contributed by atoms with Crippen LogP contribution in [0.4, 0.5) is 10.3 Å². The van der Waals surface area contributed by atoms with Gasteiger partial charge in [-0.1, -0.05) is 23.7 Å². The van der Waals surface area contributed by atoms with Gasteiger partial charge >= 0.3 is 0 Å². The molecule has 2 aromatic carbocycles. The van der Waals surface area contributed by atoms with Gasteiger partial charge < -0.3 is 10.1 Å². The Hall–Kier alpha value is -2.40. The van der Waals surface area contributed by atoms with E-state index in [0.717, 1.165) is 10.9 Å². The number of halogens is 2. The molecule has 0 aliphatic carbocycles. The molecule has 0 spiro atoms. The quantitative estimate of drug-likeness (QED) is 0.785. The van der Waals surface area contributed by atoms with Crippen LogP contribution in [0.15, 0.2) is 42.5 Å². The van der Waals surface area contributed by atoms with Gasteiger partial charge in [-0.15, -0.1) is 0 Å². The van der Waals surface area contributed by atoms with Gasteiger partial charge in [0, 0.05) is 7.05 Å². The number of benzene rings is 2. The molecule has 1 N–H and O–H groups in total. The van der Waals surface area contributed by atoms with Crippen molar-refractivity contribution in [2.45, 2.75) is 0 Å². The zero-order chi connectivity index (χ0) is 14.8. The first-order chi connectivity index (χ1) is 10.2. The summed E-state index contributed by atoms with van der Waals surface area (Å²) in [5.74, 6) is 0.708. The lowest BCUT2D eigenvalue weighted by Crippen LogP contribution is -1.99. The third-order valence-corrected chi connectivity index (χ3v) is 3.19. The van der Waals surface area contributed by atoms with Crippen LogP contribution in [0, 0.1) is 5.82 Å². The molecule has 0 fully saturated rings. The van der Waals surface area contributed by atoms with Gasteiger partial charge in [-0.2, -0.15) is 4.98 Å². The number of hydrogen-bond donors (Lipinski definition) is 1. The summed E-state index contributed by atoms with van der Waals surface area (Å²) in [6.07, 6.45) is 0. The first-order valence-electron chi connectivity index (χ1n) is 6.25. The lowest BCUT2D eigenvalue weighted by atomic mass is 10.2. The van der Waals surface area contributed by atoms with Gasteiger partial charge in [-0.3, -0.25) is 0 Å². The Bertz CT molecular complexity index is 810. The number of nitrogens with one attached hydrogen (secondary N) is 1. The first-order valence-corrected chi connectivity index (χ1v) is 6.62. The van der Waals surface area contributed by atoms with Crippen LogP contribution < -0.4 is 10.1 Å². The second-order valence-corrected chi connectivity index (χ2v) is 4.70. The minimum atomic E-state index is -0.421. The van der Waals surface area contributed by atoms with Crippen LogP contribution in [0.2, 0.25) is 5.02 Å². The molecule has 21 heavy (non-hydrogen) atoms. The molecule has 0 amide bonds. The topological polar surface area (TPSA) is 47.0 Å². The molecule has 0 saturated carbocycles. The predicted molar refractivity (Wildman–Crippen MR) is 80.6 cm³/mol. The number of anilines is 1. The van der Waals surface area contributed by atoms with Gasteiger partial charge in [-0.05, 0) is 30.3 Å². The number of fused-ring (bicyclic) bond motifs is 1. The number of para-hydroxylation sites is 1. The lowest BCUT2D eigenvalue weighted by Gasteiger charge is -2.10. The number of hydrogen-bond acceptors (Lipinski definition) is 4. The number of aromatic nitrogens is 2. The second-order valence-electron chi connectivity index (χ2n) is 4.30. The van der Waals surface area contributed by atoms with E-state index >= 15 is 0 Å². The van der Waals surface area contributed by atoms with Crippen molar-refractivity contribution in [1.29, 1.82) is 0 Å². The highest BCUT2D eigenvalue weighted by atomic mass is 35.5. The molecule has 0 atom stereocenters. The van der Waals surface area contributed by atoms with E-state index in [1.807, 2.05) is 24.3 Å². The van der Waals surface area contributed by atoms with E-state index in [-0.39, 0.29) is 5.02 Å². The summed E-state index contributed by atoms with van der Waals surface area (Å²) in [5, 5.41) is 3.80. The Labute approximate surface area is 125 Å². The van der Waals surface area contributed by atoms with Gasteiger partial charge in [0.15, 0.2) is 0 Å². The molecule has 3 aromatic rings. The summed E-state index contributed by atoms with van der Waals surface area (Å²) < 4.78 is 18.8. The molecule has 6 heteroatoms. The maximum atomic E-state index is 13.1. The van der Waals surface area contributed by atoms with Crippen LogP contribution in [0.3, 0.4) is 0 Å². The molecule has 0 aliphatic rings. The van der Waals surface area contributed by atoms with Crippen molar-refractivity contribution in [3.8, 4) is 11.6 Å². The Kier molecular flexibility index (Phi) is 3.58. The number of ether oxygens (including phenoxy) is 1. The molecule has 3 rings (SSSR count). The van der Waals surface area contributed by atoms with Crippen molar-refractivity contribution < 1.29 is 9.13 Å². The fourth-order valence-electron chi connectivity index (χ4n) is 1.90. The average Bonchev–Trinajstić information content (AvgIpc) is 2.49. The maximum Gasteiger partial charge on any atom is 0.232 e. The lowest BCUT2D eigenvalue weighted by molar-refractivity contribution is 0.467. The minimum Gasteiger partial charge on any atom is -0.437 e. The molecule has 0 bridgehead atoms. The van der Waals surface area contributed by atoms with Gasteiger partial charge in [0.2, 0.25) is 11.8 Å². The van der Waals surface area contributed by atoms with E-state index in [2.05, 4.69) is 15.3 Å². The summed E-state index contributed by atoms with van der Waals surface area (Å²) in [4.78, 5) is 8.62. The van der Waals surface area contributed by atoms with Crippen LogP contribution >= 0.6 is 11.6 Å². The van der Waals surface area contributed by atoms with E-state index in [0.29, 0.717) is 17.6 Å². The molecule has 0 aliphatic heterocycles. The van der Waals surface area contributed by atoms with E-state index in [9.17, 15) is 4.39 Å². The summed E-state index contributed by atoms with van der Waals surface area (Å²) in [6, 6.07) is 11.4. The molecule has 1 heterocycles. The van der Waals surface area contributed by atoms with Crippen LogP contribution in [0.5, 0.6) is 11.6 Å². The normalized spacial score (nSPS) is 10.6. The Morgan fingerprint density at radius 3 is 2.71 bits per heavy atom. The molecular weight excluding hydrogens is 293 g/mol. The zero-order valence-electron chi connectivity index (χ0n) is 11.1. The van der Waals surface area contributed by atoms with Crippen molar-refractivity contribution in [3.05, 3.63) is 53.3 Å². The van der Waals surface area contributed by atoms with Crippen LogP contribution in [-0.4, -0.2) is 17.0 Å². The Morgan fingerprint density at radius 1 is 1.14 bits per heavy atom. The van der Waals surface area contributed by atoms with E-state index in [1.54, 1.807) is 7.05 Å². The molecule has 106 valence electrons. The fourth-order valence-corrected chi connectivity index (χ4v) is 2.11. The molecule has 0 unspecified atom stereocenters. The van der Waals surface area contributed by atoms with E-state index in [4.69, 9.17) is 16.3 Å². The van der Waals surface area contributed by atoms with Gasteiger partial charge in [-0.25, -0.2) is 9.37 Å². The average molecular weight is 304 g/mol. The summed E-state index contributed by atoms with van der Waals surface area (Å²) in [6.45, 7) is 0. The van der Waals surface area contributed by atoms with Crippen molar-refractivity contribution in [1.82, 2.24) is 9.97 Å². The zero-order valence-corrected chi connectivity index (χ0v) is 11.9. The second kappa shape index (κ2) is 5.54. The van der Waals surface area contributed by atoms with Gasteiger partial charge in [0.05, 0.1) is 15.9 Å². The fraction of sp³-hybridized carbons (Fsp3) is 0.0667. The van der Waals surface area contributed by atoms with E-state index < -0.39 is 5.82 Å². The molecule has 4 nitrogen and oxygen atoms in total. The van der Waals surface area contributed by atoms with Crippen molar-refractivity contribution in [2.24, 2.45) is 0 Å². The highest BCUT2D eigenvalue weighted by Crippen LogP contribution is 2.32. The van der Waals surface area contributed by atoms with Crippen molar-refractivity contribution >= 4 is 28.5 Å². The molecule has 0 radical (unpaired) electrons. The van der Waals surface area contributed by atoms with Crippen molar-refractivity contribution in [3.63, 3.8) is 0 Å². The monoisotopic (exact) mass is 303 g/mol. The van der Waals surface area contributed by atoms with Crippen LogP contribution in [0.25, 0.3) is 10.9 Å². The largest absolute Gasteiger partial charge is 0.437 e. The Balaban J connectivity index is 2.10. The van der Waals surface area contributed by atoms with Gasteiger partial charge in [0.1, 0.15) is 11.6 Å². The van der Waals surface area contributed by atoms with E-state index in [1.165, 1.54) is 18.2 Å². The predicted octanol–water partition coefficient (Wildman–Crippen LogP) is 4.26. The third-order valence-electron chi connectivity index (χ3n) is 2.89.